The van der Waals surface area contributed by atoms with Crippen LogP contribution >= 0.6 is 0 Å². The number of para-hydroxylation sites is 1. The fraction of sp³-hybridized carbons (Fsp3) is 0.0417. The highest BCUT2D eigenvalue weighted by Gasteiger charge is 2.21. The minimum atomic E-state index is -0.530. The highest BCUT2D eigenvalue weighted by Crippen LogP contribution is 2.34. The molecule has 34 heavy (non-hydrogen) atoms. The van der Waals surface area contributed by atoms with Gasteiger partial charge in [-0.2, -0.15) is 4.80 Å². The first-order valence-corrected chi connectivity index (χ1v) is 10.2. The van der Waals surface area contributed by atoms with Crippen LogP contribution in [0.5, 0.6) is 5.75 Å². The number of nitrogens with zero attached hydrogens (tertiary/aromatic N) is 4. The standard InChI is InChI=1S/C24H17N5O5/c1-33-17-8-9-18(21(14-17)29(31)32)22-11-12-23(34-22)24(30)25-15-7-10-19-20(13-15)27-28(26-19)16-5-3-2-4-6-16/h2-14H,1H3,(H,25,30). The summed E-state index contributed by atoms with van der Waals surface area (Å²) in [5.41, 5.74) is 2.66. The molecule has 0 fully saturated rings. The van der Waals surface area contributed by atoms with E-state index in [1.165, 1.54) is 36.2 Å². The zero-order valence-electron chi connectivity index (χ0n) is 17.8. The molecule has 0 spiro atoms. The number of amides is 1. The Balaban J connectivity index is 1.38. The highest BCUT2D eigenvalue weighted by molar-refractivity contribution is 6.03. The van der Waals surface area contributed by atoms with Gasteiger partial charge in [0.2, 0.25) is 0 Å². The Kier molecular flexibility index (Phi) is 5.23. The van der Waals surface area contributed by atoms with E-state index >= 15 is 0 Å². The van der Waals surface area contributed by atoms with Gasteiger partial charge in [-0.05, 0) is 54.6 Å². The van der Waals surface area contributed by atoms with Crippen LogP contribution in [0.1, 0.15) is 10.6 Å². The summed E-state index contributed by atoms with van der Waals surface area (Å²) in [6.45, 7) is 0. The van der Waals surface area contributed by atoms with Crippen molar-refractivity contribution in [1.29, 1.82) is 0 Å². The van der Waals surface area contributed by atoms with Crippen molar-refractivity contribution in [2.75, 3.05) is 12.4 Å². The Bertz CT molecular complexity index is 1520. The first-order valence-electron chi connectivity index (χ1n) is 10.2. The Morgan fingerprint density at radius 1 is 1.00 bits per heavy atom. The van der Waals surface area contributed by atoms with E-state index in [9.17, 15) is 14.9 Å². The van der Waals surface area contributed by atoms with Gasteiger partial charge in [0.25, 0.3) is 11.6 Å². The van der Waals surface area contributed by atoms with Crippen LogP contribution in [0, 0.1) is 10.1 Å². The van der Waals surface area contributed by atoms with Crippen LogP contribution in [0.3, 0.4) is 0 Å². The molecule has 0 saturated carbocycles. The van der Waals surface area contributed by atoms with E-state index in [2.05, 4.69) is 15.5 Å². The second-order valence-electron chi connectivity index (χ2n) is 7.29. The largest absolute Gasteiger partial charge is 0.497 e. The predicted octanol–water partition coefficient (Wildman–Crippen LogP) is 4.85. The molecule has 10 heteroatoms. The Labute approximate surface area is 192 Å². The molecule has 0 unspecified atom stereocenters. The molecule has 0 aliphatic rings. The number of nitrogens with one attached hydrogen (secondary N) is 1. The molecule has 1 N–H and O–H groups in total. The number of nitro groups is 1. The van der Waals surface area contributed by atoms with E-state index in [0.29, 0.717) is 22.5 Å². The van der Waals surface area contributed by atoms with Crippen LogP contribution in [0.4, 0.5) is 11.4 Å². The number of aromatic nitrogens is 3. The molecule has 10 nitrogen and oxygen atoms in total. The van der Waals surface area contributed by atoms with E-state index in [1.807, 2.05) is 30.3 Å². The minimum Gasteiger partial charge on any atom is -0.497 e. The first-order chi connectivity index (χ1) is 16.5. The topological polar surface area (TPSA) is 125 Å². The van der Waals surface area contributed by atoms with Gasteiger partial charge in [0.15, 0.2) is 5.76 Å². The second kappa shape index (κ2) is 8.51. The summed E-state index contributed by atoms with van der Waals surface area (Å²) in [6, 6.07) is 22.0. The number of furan rings is 1. The first kappa shape index (κ1) is 20.9. The zero-order valence-corrected chi connectivity index (χ0v) is 17.8. The summed E-state index contributed by atoms with van der Waals surface area (Å²) in [5.74, 6) is 0.0469. The molecule has 2 heterocycles. The fourth-order valence-electron chi connectivity index (χ4n) is 3.46. The van der Waals surface area contributed by atoms with E-state index in [-0.39, 0.29) is 22.8 Å². The molecule has 0 saturated heterocycles. The number of nitro benzene ring substituents is 1. The van der Waals surface area contributed by atoms with Crippen LogP contribution in [-0.2, 0) is 0 Å². The number of carbonyl (C=O) groups excluding carboxylic acids is 1. The maximum atomic E-state index is 12.7. The number of hydrogen-bond acceptors (Lipinski definition) is 7. The van der Waals surface area contributed by atoms with Crippen LogP contribution < -0.4 is 10.1 Å². The van der Waals surface area contributed by atoms with E-state index < -0.39 is 10.8 Å². The van der Waals surface area contributed by atoms with Crippen molar-refractivity contribution < 1.29 is 18.9 Å². The lowest BCUT2D eigenvalue weighted by atomic mass is 10.1. The number of carbonyl (C=O) groups is 1. The maximum Gasteiger partial charge on any atom is 0.291 e. The van der Waals surface area contributed by atoms with Gasteiger partial charge in [-0.15, -0.1) is 10.2 Å². The molecule has 2 aromatic heterocycles. The quantitative estimate of drug-likeness (QED) is 0.286. The van der Waals surface area contributed by atoms with Gasteiger partial charge in [0, 0.05) is 5.69 Å². The Hall–Kier alpha value is -4.99. The number of hydrogen-bond donors (Lipinski definition) is 1. The second-order valence-corrected chi connectivity index (χ2v) is 7.29. The molecule has 5 rings (SSSR count). The lowest BCUT2D eigenvalue weighted by Gasteiger charge is -2.04. The van der Waals surface area contributed by atoms with Crippen molar-refractivity contribution in [2.45, 2.75) is 0 Å². The third-order valence-electron chi connectivity index (χ3n) is 5.12. The monoisotopic (exact) mass is 455 g/mol. The summed E-state index contributed by atoms with van der Waals surface area (Å²) in [4.78, 5) is 25.2. The molecule has 0 radical (unpaired) electrons. The van der Waals surface area contributed by atoms with Crippen molar-refractivity contribution in [3.63, 3.8) is 0 Å². The van der Waals surface area contributed by atoms with E-state index in [0.717, 1.165) is 5.69 Å². The molecule has 168 valence electrons. The molecule has 0 atom stereocenters. The average molecular weight is 455 g/mol. The molecule has 1 amide bonds. The SMILES string of the molecule is COc1ccc(-c2ccc(C(=O)Nc3ccc4nn(-c5ccccc5)nc4c3)o2)c([N+](=O)[O-])c1. The van der Waals surface area contributed by atoms with Crippen LogP contribution in [-0.4, -0.2) is 32.9 Å². The molecule has 0 aliphatic carbocycles. The Morgan fingerprint density at radius 2 is 1.79 bits per heavy atom. The van der Waals surface area contributed by atoms with Gasteiger partial charge in [-0.1, -0.05) is 18.2 Å². The van der Waals surface area contributed by atoms with Gasteiger partial charge in [-0.3, -0.25) is 14.9 Å². The number of anilines is 1. The van der Waals surface area contributed by atoms with Crippen molar-refractivity contribution in [3.8, 4) is 22.8 Å². The smallest absolute Gasteiger partial charge is 0.291 e. The third-order valence-corrected chi connectivity index (χ3v) is 5.12. The van der Waals surface area contributed by atoms with Crippen LogP contribution in [0.2, 0.25) is 0 Å². The molecule has 0 bridgehead atoms. The average Bonchev–Trinajstić information content (AvgIpc) is 3.51. The molecular weight excluding hydrogens is 438 g/mol. The van der Waals surface area contributed by atoms with Gasteiger partial charge in [0.05, 0.1) is 29.4 Å². The lowest BCUT2D eigenvalue weighted by molar-refractivity contribution is -0.384. The third kappa shape index (κ3) is 3.95. The normalized spacial score (nSPS) is 10.9. The van der Waals surface area contributed by atoms with Crippen molar-refractivity contribution in [3.05, 3.63) is 94.7 Å². The minimum absolute atomic E-state index is 0.00755. The predicted molar refractivity (Wildman–Crippen MR) is 124 cm³/mol. The van der Waals surface area contributed by atoms with Gasteiger partial charge >= 0.3 is 0 Å². The number of rotatable bonds is 6. The number of methoxy groups -OCH3 is 1. The summed E-state index contributed by atoms with van der Waals surface area (Å²) in [5, 5.41) is 23.1. The van der Waals surface area contributed by atoms with Gasteiger partial charge in [0.1, 0.15) is 22.5 Å². The molecule has 5 aromatic rings. The van der Waals surface area contributed by atoms with Gasteiger partial charge < -0.3 is 14.5 Å². The summed E-state index contributed by atoms with van der Waals surface area (Å²) >= 11 is 0. The number of ether oxygens (including phenoxy) is 1. The zero-order chi connectivity index (χ0) is 23.7. The van der Waals surface area contributed by atoms with Crippen molar-refractivity contribution in [1.82, 2.24) is 15.0 Å². The highest BCUT2D eigenvalue weighted by atomic mass is 16.6. The Morgan fingerprint density at radius 3 is 2.56 bits per heavy atom. The van der Waals surface area contributed by atoms with Crippen LogP contribution in [0.25, 0.3) is 28.0 Å². The fourth-order valence-corrected chi connectivity index (χ4v) is 3.46. The van der Waals surface area contributed by atoms with Crippen molar-refractivity contribution in [2.24, 2.45) is 0 Å². The summed E-state index contributed by atoms with van der Waals surface area (Å²) in [7, 11) is 1.42. The summed E-state index contributed by atoms with van der Waals surface area (Å²) < 4.78 is 10.7. The van der Waals surface area contributed by atoms with E-state index in [4.69, 9.17) is 9.15 Å². The van der Waals surface area contributed by atoms with E-state index in [1.54, 1.807) is 24.3 Å². The van der Waals surface area contributed by atoms with Gasteiger partial charge in [-0.25, -0.2) is 0 Å². The number of fused-ring (bicyclic) bond motifs is 1. The molecule has 3 aromatic carbocycles. The van der Waals surface area contributed by atoms with Crippen molar-refractivity contribution >= 4 is 28.3 Å². The number of benzene rings is 3. The molecule has 0 aliphatic heterocycles. The van der Waals surface area contributed by atoms with Crippen LogP contribution in [0.15, 0.2) is 83.3 Å². The lowest BCUT2D eigenvalue weighted by Crippen LogP contribution is -2.10. The summed E-state index contributed by atoms with van der Waals surface area (Å²) in [6.07, 6.45) is 0. The molecular formula is C24H17N5O5. The maximum absolute atomic E-state index is 12.7.